The SMILES string of the molecule is CC(C)(C)Cn1c(CN2C(=O)OC3(CCN(S(C)(=O)=O)CC3)C2=O)cc2cnc(C#N)nc21. The van der Waals surface area contributed by atoms with Crippen molar-refractivity contribution in [2.24, 2.45) is 5.41 Å². The number of hydrogen-bond acceptors (Lipinski definition) is 8. The molecule has 0 radical (unpaired) electrons. The highest BCUT2D eigenvalue weighted by Gasteiger charge is 2.55. The first-order valence-corrected chi connectivity index (χ1v) is 12.4. The van der Waals surface area contributed by atoms with Crippen LogP contribution in [0, 0.1) is 16.7 Å². The smallest absolute Gasteiger partial charge is 0.418 e. The molecule has 176 valence electrons. The van der Waals surface area contributed by atoms with Crippen LogP contribution in [-0.4, -0.2) is 69.1 Å². The summed E-state index contributed by atoms with van der Waals surface area (Å²) in [5.74, 6) is -0.424. The van der Waals surface area contributed by atoms with Gasteiger partial charge in [-0.05, 0) is 11.5 Å². The number of nitriles is 1. The lowest BCUT2D eigenvalue weighted by molar-refractivity contribution is -0.140. The van der Waals surface area contributed by atoms with E-state index < -0.39 is 27.6 Å². The monoisotopic (exact) mass is 474 g/mol. The summed E-state index contributed by atoms with van der Waals surface area (Å²) >= 11 is 0. The molecular formula is C21H26N6O5S. The van der Waals surface area contributed by atoms with Crippen LogP contribution in [0.5, 0.6) is 0 Å². The number of imide groups is 1. The van der Waals surface area contributed by atoms with E-state index in [-0.39, 0.29) is 43.7 Å². The Labute approximate surface area is 192 Å². The molecule has 2 aliphatic heterocycles. The van der Waals surface area contributed by atoms with E-state index in [0.717, 1.165) is 11.2 Å². The Morgan fingerprint density at radius 2 is 1.91 bits per heavy atom. The van der Waals surface area contributed by atoms with E-state index in [1.54, 1.807) is 12.3 Å². The molecule has 12 heteroatoms. The number of aromatic nitrogens is 3. The van der Waals surface area contributed by atoms with Gasteiger partial charge >= 0.3 is 6.09 Å². The molecule has 0 aromatic carbocycles. The summed E-state index contributed by atoms with van der Waals surface area (Å²) in [5, 5.41) is 9.90. The predicted octanol–water partition coefficient (Wildman–Crippen LogP) is 1.62. The molecule has 0 saturated carbocycles. The molecule has 2 aromatic rings. The van der Waals surface area contributed by atoms with Gasteiger partial charge in [-0.25, -0.2) is 32.4 Å². The van der Waals surface area contributed by atoms with E-state index in [0.29, 0.717) is 23.3 Å². The maximum Gasteiger partial charge on any atom is 0.418 e. The van der Waals surface area contributed by atoms with E-state index in [4.69, 9.17) is 4.74 Å². The standard InChI is InChI=1S/C21H26N6O5S/c1-20(2,3)13-27-15(9-14-11-23-16(10-22)24-17(14)27)12-26-18(28)21(32-19(26)29)5-7-25(8-6-21)33(4,30)31/h9,11H,5-8,12-13H2,1-4H3. The van der Waals surface area contributed by atoms with Crippen LogP contribution in [0.1, 0.15) is 45.1 Å². The second-order valence-electron chi connectivity index (χ2n) is 9.78. The average molecular weight is 475 g/mol. The number of piperidine rings is 1. The minimum atomic E-state index is -3.38. The van der Waals surface area contributed by atoms with Gasteiger partial charge < -0.3 is 9.30 Å². The summed E-state index contributed by atoms with van der Waals surface area (Å²) in [5.41, 5.74) is -0.261. The van der Waals surface area contributed by atoms with Crippen molar-refractivity contribution >= 4 is 33.1 Å². The molecule has 2 aromatic heterocycles. The molecule has 4 rings (SSSR count). The Bertz CT molecular complexity index is 1280. The minimum Gasteiger partial charge on any atom is -0.432 e. The lowest BCUT2D eigenvalue weighted by Gasteiger charge is -2.34. The normalized spacial score (nSPS) is 19.3. The molecule has 2 fully saturated rings. The summed E-state index contributed by atoms with van der Waals surface area (Å²) in [6, 6.07) is 3.74. The van der Waals surface area contributed by atoms with Gasteiger partial charge in [-0.3, -0.25) is 4.79 Å². The van der Waals surface area contributed by atoms with Crippen LogP contribution in [0.2, 0.25) is 0 Å². The van der Waals surface area contributed by atoms with Crippen molar-refractivity contribution in [3.63, 3.8) is 0 Å². The van der Waals surface area contributed by atoms with Crippen LogP contribution in [0.25, 0.3) is 11.0 Å². The molecule has 0 bridgehead atoms. The van der Waals surface area contributed by atoms with Crippen LogP contribution in [0.4, 0.5) is 4.79 Å². The molecular weight excluding hydrogens is 448 g/mol. The van der Waals surface area contributed by atoms with Crippen molar-refractivity contribution in [2.45, 2.75) is 52.3 Å². The van der Waals surface area contributed by atoms with Crippen LogP contribution >= 0.6 is 0 Å². The lowest BCUT2D eigenvalue weighted by atomic mass is 9.91. The van der Waals surface area contributed by atoms with Crippen molar-refractivity contribution in [1.82, 2.24) is 23.7 Å². The van der Waals surface area contributed by atoms with Crippen molar-refractivity contribution in [1.29, 1.82) is 5.26 Å². The quantitative estimate of drug-likeness (QED) is 0.651. The molecule has 33 heavy (non-hydrogen) atoms. The Morgan fingerprint density at radius 3 is 2.48 bits per heavy atom. The third-order valence-electron chi connectivity index (χ3n) is 5.91. The summed E-state index contributed by atoms with van der Waals surface area (Å²) in [4.78, 5) is 35.4. The largest absolute Gasteiger partial charge is 0.432 e. The molecule has 0 aliphatic carbocycles. The zero-order valence-electron chi connectivity index (χ0n) is 19.0. The first kappa shape index (κ1) is 23.1. The van der Waals surface area contributed by atoms with Gasteiger partial charge in [0.25, 0.3) is 5.91 Å². The zero-order valence-corrected chi connectivity index (χ0v) is 19.8. The Hall–Kier alpha value is -3.04. The molecule has 2 amide bonds. The number of amides is 2. The number of nitrogens with zero attached hydrogens (tertiary/aromatic N) is 6. The number of sulfonamides is 1. The van der Waals surface area contributed by atoms with E-state index in [9.17, 15) is 23.3 Å². The number of fused-ring (bicyclic) bond motifs is 1. The summed E-state index contributed by atoms with van der Waals surface area (Å²) in [7, 11) is -3.38. The lowest BCUT2D eigenvalue weighted by Crippen LogP contribution is -2.51. The van der Waals surface area contributed by atoms with Gasteiger partial charge in [0.05, 0.1) is 12.8 Å². The molecule has 0 unspecified atom stereocenters. The second-order valence-corrected chi connectivity index (χ2v) is 11.8. The predicted molar refractivity (Wildman–Crippen MR) is 117 cm³/mol. The van der Waals surface area contributed by atoms with Gasteiger partial charge in [0, 0.05) is 49.8 Å². The van der Waals surface area contributed by atoms with Crippen molar-refractivity contribution in [3.05, 3.63) is 23.8 Å². The van der Waals surface area contributed by atoms with E-state index in [1.165, 1.54) is 4.31 Å². The molecule has 4 heterocycles. The highest BCUT2D eigenvalue weighted by molar-refractivity contribution is 7.88. The maximum atomic E-state index is 13.3. The van der Waals surface area contributed by atoms with Gasteiger partial charge in [0.15, 0.2) is 5.60 Å². The van der Waals surface area contributed by atoms with E-state index in [1.807, 2.05) is 10.6 Å². The van der Waals surface area contributed by atoms with Crippen molar-refractivity contribution in [2.75, 3.05) is 19.3 Å². The molecule has 1 spiro atoms. The Kier molecular flexibility index (Phi) is 5.45. The summed E-state index contributed by atoms with van der Waals surface area (Å²) < 4.78 is 32.3. The van der Waals surface area contributed by atoms with Gasteiger partial charge in [0.1, 0.15) is 11.7 Å². The minimum absolute atomic E-state index is 0.0243. The fraction of sp³-hybridized carbons (Fsp3) is 0.571. The van der Waals surface area contributed by atoms with Gasteiger partial charge in [-0.15, -0.1) is 0 Å². The number of rotatable bonds is 4. The summed E-state index contributed by atoms with van der Waals surface area (Å²) in [6.07, 6.45) is 2.15. The van der Waals surface area contributed by atoms with Gasteiger partial charge in [-0.2, -0.15) is 5.26 Å². The van der Waals surface area contributed by atoms with Crippen molar-refractivity contribution in [3.8, 4) is 6.07 Å². The molecule has 11 nitrogen and oxygen atoms in total. The second kappa shape index (κ2) is 7.78. The first-order chi connectivity index (χ1) is 15.3. The number of ether oxygens (including phenoxy) is 1. The highest BCUT2D eigenvalue weighted by Crippen LogP contribution is 2.36. The van der Waals surface area contributed by atoms with Crippen LogP contribution < -0.4 is 0 Å². The highest BCUT2D eigenvalue weighted by atomic mass is 32.2. The van der Waals surface area contributed by atoms with Crippen LogP contribution in [0.3, 0.4) is 0 Å². The first-order valence-electron chi connectivity index (χ1n) is 10.6. The molecule has 2 saturated heterocycles. The third-order valence-corrected chi connectivity index (χ3v) is 7.21. The Morgan fingerprint density at radius 1 is 1.24 bits per heavy atom. The van der Waals surface area contributed by atoms with Crippen LogP contribution in [-0.2, 0) is 32.6 Å². The van der Waals surface area contributed by atoms with Crippen LogP contribution in [0.15, 0.2) is 12.3 Å². The molecule has 0 N–H and O–H groups in total. The maximum absolute atomic E-state index is 13.3. The Balaban J connectivity index is 1.64. The fourth-order valence-electron chi connectivity index (χ4n) is 4.32. The summed E-state index contributed by atoms with van der Waals surface area (Å²) in [6.45, 7) is 6.90. The fourth-order valence-corrected chi connectivity index (χ4v) is 5.16. The molecule has 0 atom stereocenters. The topological polar surface area (TPSA) is 138 Å². The zero-order chi connectivity index (χ0) is 24.2. The van der Waals surface area contributed by atoms with Gasteiger partial charge in [0.2, 0.25) is 15.8 Å². The number of hydrogen-bond donors (Lipinski definition) is 0. The van der Waals surface area contributed by atoms with Gasteiger partial charge in [-0.1, -0.05) is 20.8 Å². The number of carbonyl (C=O) groups excluding carboxylic acids is 2. The van der Waals surface area contributed by atoms with E-state index in [2.05, 4.69) is 30.7 Å². The number of carbonyl (C=O) groups is 2. The average Bonchev–Trinajstić information content (AvgIpc) is 3.16. The third kappa shape index (κ3) is 4.30. The van der Waals surface area contributed by atoms with E-state index >= 15 is 0 Å². The molecule has 2 aliphatic rings. The van der Waals surface area contributed by atoms with Crippen molar-refractivity contribution < 1.29 is 22.7 Å².